The molecule has 0 aliphatic carbocycles. The highest BCUT2D eigenvalue weighted by Crippen LogP contribution is 2.09. The number of carbonyl (C=O) groups excluding carboxylic acids is 1. The van der Waals surface area contributed by atoms with E-state index in [9.17, 15) is 4.79 Å². The molecular weight excluding hydrogens is 286 g/mol. The zero-order valence-corrected chi connectivity index (χ0v) is 15.0. The second kappa shape index (κ2) is 17.0. The topological polar surface area (TPSA) is 79.0 Å². The van der Waals surface area contributed by atoms with Crippen LogP contribution in [0.3, 0.4) is 0 Å². The third kappa shape index (κ3) is 18.6. The van der Waals surface area contributed by atoms with Crippen molar-refractivity contribution in [1.82, 2.24) is 5.32 Å². The maximum Gasteiger partial charge on any atom is 0.226 e. The summed E-state index contributed by atoms with van der Waals surface area (Å²) in [5.74, 6) is -0.405. The van der Waals surface area contributed by atoms with Gasteiger partial charge in [-0.3, -0.25) is 15.5 Å². The molecule has 0 aromatic heterocycles. The number of rotatable bonds is 15. The molecule has 0 aromatic rings. The summed E-state index contributed by atoms with van der Waals surface area (Å²) in [5.41, 5.74) is 5.09. The molecule has 4 nitrogen and oxygen atoms in total. The summed E-state index contributed by atoms with van der Waals surface area (Å²) in [6, 6.07) is 0. The van der Waals surface area contributed by atoms with E-state index >= 15 is 0 Å². The van der Waals surface area contributed by atoms with Gasteiger partial charge in [0.05, 0.1) is 0 Å². The van der Waals surface area contributed by atoms with Crippen molar-refractivity contribution in [1.29, 1.82) is 5.41 Å². The van der Waals surface area contributed by atoms with Crippen molar-refractivity contribution >= 4 is 11.9 Å². The number of nitrogens with one attached hydrogen (secondary N) is 2. The molecular formula is C19H37N3O. The van der Waals surface area contributed by atoms with E-state index in [2.05, 4.69) is 24.4 Å². The third-order valence-electron chi connectivity index (χ3n) is 3.94. The molecule has 134 valence electrons. The Kier molecular flexibility index (Phi) is 16.1. The van der Waals surface area contributed by atoms with Crippen molar-refractivity contribution in [3.63, 3.8) is 0 Å². The van der Waals surface area contributed by atoms with Crippen molar-refractivity contribution in [3.05, 3.63) is 12.2 Å². The first-order valence-electron chi connectivity index (χ1n) is 9.45. The molecule has 0 saturated carbocycles. The van der Waals surface area contributed by atoms with Crippen LogP contribution < -0.4 is 11.1 Å². The molecule has 0 aliphatic heterocycles. The number of allylic oxidation sites excluding steroid dienone is 2. The molecule has 0 fully saturated rings. The number of hydrogen-bond acceptors (Lipinski definition) is 2. The van der Waals surface area contributed by atoms with Crippen LogP contribution in [0, 0.1) is 5.41 Å². The van der Waals surface area contributed by atoms with Crippen molar-refractivity contribution in [2.24, 2.45) is 5.73 Å². The van der Waals surface area contributed by atoms with E-state index in [1.165, 1.54) is 70.6 Å². The molecule has 0 heterocycles. The highest BCUT2D eigenvalue weighted by Gasteiger charge is 2.01. The fourth-order valence-corrected chi connectivity index (χ4v) is 2.57. The lowest BCUT2D eigenvalue weighted by Gasteiger charge is -2.02. The summed E-state index contributed by atoms with van der Waals surface area (Å²) in [6.07, 6.45) is 21.4. The molecule has 0 unspecified atom stereocenters. The maximum absolute atomic E-state index is 11.2. The lowest BCUT2D eigenvalue weighted by Crippen LogP contribution is -2.35. The Bertz CT molecular complexity index is 327. The summed E-state index contributed by atoms with van der Waals surface area (Å²) in [5, 5.41) is 9.26. The normalized spacial score (nSPS) is 11.0. The Balaban J connectivity index is 3.19. The van der Waals surface area contributed by atoms with Crippen LogP contribution >= 0.6 is 0 Å². The zero-order chi connectivity index (χ0) is 17.2. The predicted molar refractivity (Wildman–Crippen MR) is 99.5 cm³/mol. The summed E-state index contributed by atoms with van der Waals surface area (Å²) in [7, 11) is 0. The molecule has 0 aromatic carbocycles. The monoisotopic (exact) mass is 323 g/mol. The summed E-state index contributed by atoms with van der Waals surface area (Å²) < 4.78 is 0. The molecule has 4 N–H and O–H groups in total. The van der Waals surface area contributed by atoms with Gasteiger partial charge in [-0.05, 0) is 32.1 Å². The van der Waals surface area contributed by atoms with E-state index in [4.69, 9.17) is 11.1 Å². The van der Waals surface area contributed by atoms with Gasteiger partial charge in [0.15, 0.2) is 5.96 Å². The highest BCUT2D eigenvalue weighted by molar-refractivity contribution is 5.94. The van der Waals surface area contributed by atoms with Gasteiger partial charge >= 0.3 is 0 Å². The van der Waals surface area contributed by atoms with Crippen LogP contribution in [0.2, 0.25) is 0 Å². The molecule has 0 radical (unpaired) electrons. The fourth-order valence-electron chi connectivity index (χ4n) is 2.57. The van der Waals surface area contributed by atoms with E-state index in [1.807, 2.05) is 0 Å². The van der Waals surface area contributed by atoms with Gasteiger partial charge in [0.1, 0.15) is 0 Å². The second-order valence-corrected chi connectivity index (χ2v) is 6.30. The maximum atomic E-state index is 11.2. The Morgan fingerprint density at radius 1 is 0.870 bits per heavy atom. The number of carbonyl (C=O) groups is 1. The van der Waals surface area contributed by atoms with Crippen LogP contribution in [0.15, 0.2) is 12.2 Å². The zero-order valence-electron chi connectivity index (χ0n) is 15.0. The Hall–Kier alpha value is -1.32. The molecule has 4 heteroatoms. The Labute approximate surface area is 142 Å². The van der Waals surface area contributed by atoms with Crippen LogP contribution in [-0.2, 0) is 4.79 Å². The molecule has 0 bridgehead atoms. The molecule has 0 rings (SSSR count). The average Bonchev–Trinajstić information content (AvgIpc) is 2.50. The van der Waals surface area contributed by atoms with Crippen LogP contribution in [-0.4, -0.2) is 11.9 Å². The summed E-state index contributed by atoms with van der Waals surface area (Å²) >= 11 is 0. The van der Waals surface area contributed by atoms with Gasteiger partial charge in [-0.25, -0.2) is 0 Å². The van der Waals surface area contributed by atoms with Crippen LogP contribution in [0.1, 0.15) is 96.8 Å². The Morgan fingerprint density at radius 2 is 1.35 bits per heavy atom. The average molecular weight is 324 g/mol. The smallest absolute Gasteiger partial charge is 0.226 e. The van der Waals surface area contributed by atoms with Gasteiger partial charge in [0.25, 0.3) is 0 Å². The molecule has 0 atom stereocenters. The number of hydrogen-bond donors (Lipinski definition) is 3. The lowest BCUT2D eigenvalue weighted by molar-refractivity contribution is -0.119. The van der Waals surface area contributed by atoms with Crippen LogP contribution in [0.25, 0.3) is 0 Å². The second-order valence-electron chi connectivity index (χ2n) is 6.30. The van der Waals surface area contributed by atoms with Gasteiger partial charge in [-0.2, -0.15) is 0 Å². The van der Waals surface area contributed by atoms with Gasteiger partial charge in [-0.1, -0.05) is 70.4 Å². The number of unbranched alkanes of at least 4 members (excludes halogenated alkanes) is 11. The van der Waals surface area contributed by atoms with E-state index in [1.54, 1.807) is 0 Å². The first-order chi connectivity index (χ1) is 11.2. The van der Waals surface area contributed by atoms with Crippen LogP contribution in [0.4, 0.5) is 0 Å². The summed E-state index contributed by atoms with van der Waals surface area (Å²) in [4.78, 5) is 11.2. The van der Waals surface area contributed by atoms with Gasteiger partial charge in [0.2, 0.25) is 5.91 Å². The molecule has 1 amide bonds. The minimum absolute atomic E-state index is 0.143. The number of guanidine groups is 1. The molecule has 0 aliphatic rings. The third-order valence-corrected chi connectivity index (χ3v) is 3.94. The minimum atomic E-state index is -0.261. The largest absolute Gasteiger partial charge is 0.370 e. The minimum Gasteiger partial charge on any atom is -0.370 e. The fraction of sp³-hybridized carbons (Fsp3) is 0.789. The first kappa shape index (κ1) is 21.7. The molecule has 23 heavy (non-hydrogen) atoms. The number of nitrogens with two attached hydrogens (primary N) is 1. The Morgan fingerprint density at radius 3 is 1.87 bits per heavy atom. The van der Waals surface area contributed by atoms with Gasteiger partial charge in [0, 0.05) is 6.42 Å². The molecule has 0 saturated heterocycles. The first-order valence-corrected chi connectivity index (χ1v) is 9.45. The van der Waals surface area contributed by atoms with Crippen molar-refractivity contribution in [2.45, 2.75) is 96.8 Å². The van der Waals surface area contributed by atoms with E-state index < -0.39 is 0 Å². The van der Waals surface area contributed by atoms with Crippen molar-refractivity contribution in [3.8, 4) is 0 Å². The van der Waals surface area contributed by atoms with E-state index in [-0.39, 0.29) is 11.9 Å². The molecule has 0 spiro atoms. The standard InChI is InChI=1S/C19H37N3O/c1-2-3-4-5-6-7-8-9-10-11-12-13-14-15-16-17-18(23)22-19(20)21/h9-10H,2-8,11-17H2,1H3,(H4,20,21,22,23). The lowest BCUT2D eigenvalue weighted by atomic mass is 10.1. The van der Waals surface area contributed by atoms with E-state index in [0.29, 0.717) is 6.42 Å². The predicted octanol–water partition coefficient (Wildman–Crippen LogP) is 5.03. The van der Waals surface area contributed by atoms with Crippen LogP contribution in [0.5, 0.6) is 0 Å². The summed E-state index contributed by atoms with van der Waals surface area (Å²) in [6.45, 7) is 2.26. The van der Waals surface area contributed by atoms with Gasteiger partial charge < -0.3 is 5.73 Å². The SMILES string of the molecule is CCCCCCCCC=CCCCCCCCC(=O)NC(=N)N. The van der Waals surface area contributed by atoms with Crippen molar-refractivity contribution in [2.75, 3.05) is 0 Å². The highest BCUT2D eigenvalue weighted by atomic mass is 16.1. The van der Waals surface area contributed by atoms with Gasteiger partial charge in [-0.15, -0.1) is 0 Å². The quantitative estimate of drug-likeness (QED) is 0.171. The van der Waals surface area contributed by atoms with Crippen molar-refractivity contribution < 1.29 is 4.79 Å². The van der Waals surface area contributed by atoms with E-state index in [0.717, 1.165) is 12.8 Å². The number of amides is 1.